The molecule has 2 aromatic rings. The summed E-state index contributed by atoms with van der Waals surface area (Å²) in [5, 5.41) is 11.2. The van der Waals surface area contributed by atoms with E-state index in [4.69, 9.17) is 19.9 Å². The van der Waals surface area contributed by atoms with Crippen molar-refractivity contribution in [3.8, 4) is 11.5 Å². The average molecular weight is 416 g/mol. The molecule has 0 spiro atoms. The Hall–Kier alpha value is -3.18. The summed E-state index contributed by atoms with van der Waals surface area (Å²) in [5.74, 6) is 0.500. The highest BCUT2D eigenvalue weighted by Gasteiger charge is 2.37. The van der Waals surface area contributed by atoms with Crippen molar-refractivity contribution in [1.82, 2.24) is 25.2 Å². The van der Waals surface area contributed by atoms with Gasteiger partial charge in [-0.2, -0.15) is 0 Å². The van der Waals surface area contributed by atoms with E-state index in [9.17, 15) is 9.59 Å². The lowest BCUT2D eigenvalue weighted by atomic mass is 10.1. The molecule has 0 radical (unpaired) electrons. The summed E-state index contributed by atoms with van der Waals surface area (Å²) in [5.41, 5.74) is 6.57. The van der Waals surface area contributed by atoms with Crippen molar-refractivity contribution in [2.75, 3.05) is 33.4 Å². The lowest BCUT2D eigenvalue weighted by Crippen LogP contribution is -2.44. The van der Waals surface area contributed by atoms with Crippen LogP contribution in [0.25, 0.3) is 0 Å². The molecule has 3 heterocycles. The summed E-state index contributed by atoms with van der Waals surface area (Å²) in [7, 11) is 1.54. The fourth-order valence-corrected chi connectivity index (χ4v) is 3.55. The van der Waals surface area contributed by atoms with Gasteiger partial charge in [0.15, 0.2) is 11.5 Å². The molecule has 0 saturated carbocycles. The number of amides is 2. The fourth-order valence-electron chi connectivity index (χ4n) is 3.55. The normalized spacial score (nSPS) is 21.7. The number of carbonyl (C=O) groups is 2. The first-order valence-corrected chi connectivity index (χ1v) is 9.67. The van der Waals surface area contributed by atoms with E-state index in [-0.39, 0.29) is 31.0 Å². The number of benzene rings is 1. The maximum absolute atomic E-state index is 12.9. The minimum Gasteiger partial charge on any atom is -0.493 e. The molecule has 160 valence electrons. The number of nitrogens with two attached hydrogens (primary N) is 1. The molecule has 30 heavy (non-hydrogen) atoms. The summed E-state index contributed by atoms with van der Waals surface area (Å²) >= 11 is 0. The lowest BCUT2D eigenvalue weighted by Gasteiger charge is -2.20. The number of methoxy groups -OCH3 is 1. The van der Waals surface area contributed by atoms with Crippen LogP contribution < -0.4 is 20.5 Å². The van der Waals surface area contributed by atoms with Gasteiger partial charge in [0.25, 0.3) is 5.91 Å². The van der Waals surface area contributed by atoms with Crippen molar-refractivity contribution in [2.24, 2.45) is 5.73 Å². The van der Waals surface area contributed by atoms with Gasteiger partial charge in [-0.1, -0.05) is 5.21 Å². The van der Waals surface area contributed by atoms with Crippen LogP contribution in [0.15, 0.2) is 24.4 Å². The maximum atomic E-state index is 12.9. The highest BCUT2D eigenvalue weighted by molar-refractivity contribution is 5.95. The topological polar surface area (TPSA) is 134 Å². The Morgan fingerprint density at radius 3 is 3.07 bits per heavy atom. The molecule has 1 fully saturated rings. The number of likely N-dealkylation sites (tertiary alicyclic amines) is 1. The van der Waals surface area contributed by atoms with Crippen LogP contribution in [-0.4, -0.2) is 77.2 Å². The van der Waals surface area contributed by atoms with Crippen LogP contribution in [0, 0.1) is 0 Å². The number of nitrogens with zero attached hydrogens (tertiary/aromatic N) is 4. The van der Waals surface area contributed by atoms with E-state index in [1.807, 2.05) is 0 Å². The zero-order chi connectivity index (χ0) is 21.1. The smallest absolute Gasteiger partial charge is 0.251 e. The van der Waals surface area contributed by atoms with E-state index in [1.165, 1.54) is 7.11 Å². The van der Waals surface area contributed by atoms with Crippen LogP contribution in [0.3, 0.4) is 0 Å². The number of nitrogens with one attached hydrogen (secondary N) is 1. The lowest BCUT2D eigenvalue weighted by molar-refractivity contribution is -0.129. The molecule has 4 rings (SSSR count). The quantitative estimate of drug-likeness (QED) is 0.648. The van der Waals surface area contributed by atoms with Crippen molar-refractivity contribution in [3.63, 3.8) is 0 Å². The third-order valence-electron chi connectivity index (χ3n) is 5.15. The van der Waals surface area contributed by atoms with E-state index < -0.39 is 6.10 Å². The Kier molecular flexibility index (Phi) is 5.81. The van der Waals surface area contributed by atoms with E-state index in [2.05, 4.69) is 15.6 Å². The van der Waals surface area contributed by atoms with E-state index in [1.54, 1.807) is 34.0 Å². The van der Waals surface area contributed by atoms with Gasteiger partial charge in [-0.05, 0) is 18.2 Å². The minimum atomic E-state index is -0.395. The first kappa shape index (κ1) is 20.1. The van der Waals surface area contributed by atoms with Crippen LogP contribution in [0.5, 0.6) is 11.5 Å². The molecule has 2 atom stereocenters. The molecule has 0 aliphatic carbocycles. The number of hydrogen-bond acceptors (Lipinski definition) is 8. The SMILES string of the molecule is COc1ccc2cc1OCCn1cc(nn1)CO[C@H]1CN(C(=O)CN)C[C@@H]1NC2=O. The monoisotopic (exact) mass is 416 g/mol. The molecule has 2 amide bonds. The van der Waals surface area contributed by atoms with Gasteiger partial charge < -0.3 is 30.2 Å². The summed E-state index contributed by atoms with van der Waals surface area (Å²) in [6, 6.07) is 4.59. The van der Waals surface area contributed by atoms with Gasteiger partial charge in [-0.25, -0.2) is 4.68 Å². The Labute approximate surface area is 173 Å². The molecule has 1 aromatic carbocycles. The summed E-state index contributed by atoms with van der Waals surface area (Å²) < 4.78 is 18.8. The number of hydrogen-bond donors (Lipinski definition) is 2. The molecule has 4 bridgehead atoms. The predicted molar refractivity (Wildman–Crippen MR) is 104 cm³/mol. The zero-order valence-corrected chi connectivity index (χ0v) is 16.6. The van der Waals surface area contributed by atoms with Crippen LogP contribution in [0.1, 0.15) is 16.1 Å². The summed E-state index contributed by atoms with van der Waals surface area (Å²) in [6.45, 7) is 1.57. The number of fused-ring (bicyclic) bond motifs is 5. The highest BCUT2D eigenvalue weighted by atomic mass is 16.5. The zero-order valence-electron chi connectivity index (χ0n) is 16.6. The molecule has 2 aliphatic rings. The van der Waals surface area contributed by atoms with Gasteiger partial charge >= 0.3 is 0 Å². The molecular formula is C19H24N6O5. The van der Waals surface area contributed by atoms with Crippen LogP contribution in [-0.2, 0) is 22.7 Å². The molecular weight excluding hydrogens is 392 g/mol. The number of aromatic nitrogens is 3. The van der Waals surface area contributed by atoms with Crippen LogP contribution in [0.4, 0.5) is 0 Å². The number of rotatable bonds is 2. The van der Waals surface area contributed by atoms with Gasteiger partial charge in [-0.15, -0.1) is 5.10 Å². The molecule has 11 heteroatoms. The third kappa shape index (κ3) is 4.21. The molecule has 2 aliphatic heterocycles. The molecule has 1 saturated heterocycles. The Morgan fingerprint density at radius 1 is 1.40 bits per heavy atom. The van der Waals surface area contributed by atoms with Gasteiger partial charge in [0.2, 0.25) is 5.91 Å². The second-order valence-electron chi connectivity index (χ2n) is 7.12. The van der Waals surface area contributed by atoms with Crippen LogP contribution in [0.2, 0.25) is 0 Å². The molecule has 11 nitrogen and oxygen atoms in total. The second kappa shape index (κ2) is 8.67. The second-order valence-corrected chi connectivity index (χ2v) is 7.12. The van der Waals surface area contributed by atoms with Gasteiger partial charge in [-0.3, -0.25) is 9.59 Å². The maximum Gasteiger partial charge on any atom is 0.251 e. The number of ether oxygens (including phenoxy) is 3. The van der Waals surface area contributed by atoms with E-state index >= 15 is 0 Å². The average Bonchev–Trinajstić information content (AvgIpc) is 3.37. The number of carbonyl (C=O) groups excluding carboxylic acids is 2. The van der Waals surface area contributed by atoms with Crippen LogP contribution >= 0.6 is 0 Å². The first-order valence-electron chi connectivity index (χ1n) is 9.67. The summed E-state index contributed by atoms with van der Waals surface area (Å²) in [4.78, 5) is 26.6. The fraction of sp³-hybridized carbons (Fsp3) is 0.474. The Balaban J connectivity index is 1.63. The summed E-state index contributed by atoms with van der Waals surface area (Å²) in [6.07, 6.45) is 1.39. The first-order chi connectivity index (χ1) is 14.6. The third-order valence-corrected chi connectivity index (χ3v) is 5.15. The van der Waals surface area contributed by atoms with E-state index in [0.29, 0.717) is 49.0 Å². The minimum absolute atomic E-state index is 0.0963. The largest absolute Gasteiger partial charge is 0.493 e. The van der Waals surface area contributed by atoms with Gasteiger partial charge in [0.05, 0.1) is 45.1 Å². The van der Waals surface area contributed by atoms with Gasteiger partial charge in [0, 0.05) is 18.7 Å². The Bertz CT molecular complexity index is 932. The molecule has 3 N–H and O–H groups in total. The van der Waals surface area contributed by atoms with Crippen molar-refractivity contribution >= 4 is 11.8 Å². The predicted octanol–water partition coefficient (Wildman–Crippen LogP) is -0.836. The van der Waals surface area contributed by atoms with E-state index in [0.717, 1.165) is 0 Å². The standard InChI is InChI=1S/C19H24N6O5/c1-28-15-3-2-12-6-16(15)29-5-4-25-8-13(22-23-25)11-30-17-10-24(18(26)7-20)9-14(17)21-19(12)27/h2-3,6,8,14,17H,4-5,7,9-11,20H2,1H3,(H,21,27)/t14-,17-/m0/s1. The molecule has 1 aromatic heterocycles. The van der Waals surface area contributed by atoms with Crippen molar-refractivity contribution in [1.29, 1.82) is 0 Å². The molecule has 0 unspecified atom stereocenters. The van der Waals surface area contributed by atoms with Crippen molar-refractivity contribution < 1.29 is 23.8 Å². The van der Waals surface area contributed by atoms with Crippen molar-refractivity contribution in [2.45, 2.75) is 25.3 Å². The van der Waals surface area contributed by atoms with Gasteiger partial charge in [0.1, 0.15) is 12.3 Å². The highest BCUT2D eigenvalue weighted by Crippen LogP contribution is 2.28. The van der Waals surface area contributed by atoms with Crippen molar-refractivity contribution in [3.05, 3.63) is 35.7 Å². The Morgan fingerprint density at radius 2 is 2.27 bits per heavy atom.